The van der Waals surface area contributed by atoms with Gasteiger partial charge in [0.05, 0.1) is 12.0 Å². The first-order valence-corrected chi connectivity index (χ1v) is 7.31. The van der Waals surface area contributed by atoms with Crippen LogP contribution >= 0.6 is 0 Å². The number of pyridine rings is 1. The fourth-order valence-corrected chi connectivity index (χ4v) is 2.05. The second kappa shape index (κ2) is 7.19. The van der Waals surface area contributed by atoms with E-state index < -0.39 is 0 Å². The molecule has 24 heavy (non-hydrogen) atoms. The molecule has 0 unspecified atom stereocenters. The molecule has 3 aromatic rings. The highest BCUT2D eigenvalue weighted by Crippen LogP contribution is 2.13. The number of allylic oxidation sites excluding steroid dienone is 1. The van der Waals surface area contributed by atoms with Crippen molar-refractivity contribution in [1.29, 1.82) is 0 Å². The van der Waals surface area contributed by atoms with E-state index in [4.69, 9.17) is 4.42 Å². The van der Waals surface area contributed by atoms with Crippen molar-refractivity contribution >= 4 is 23.5 Å². The molecule has 0 atom stereocenters. The van der Waals surface area contributed by atoms with E-state index in [-0.39, 0.29) is 17.5 Å². The van der Waals surface area contributed by atoms with E-state index in [9.17, 15) is 9.59 Å². The molecule has 3 rings (SSSR count). The van der Waals surface area contributed by atoms with Gasteiger partial charge < -0.3 is 9.73 Å². The Hall–Kier alpha value is -3.47. The van der Waals surface area contributed by atoms with Gasteiger partial charge >= 0.3 is 0 Å². The van der Waals surface area contributed by atoms with Gasteiger partial charge in [-0.3, -0.25) is 14.6 Å². The normalized spacial score (nSPS) is 10.7. The molecule has 5 heteroatoms. The third-order valence-electron chi connectivity index (χ3n) is 3.27. The van der Waals surface area contributed by atoms with E-state index in [1.165, 1.54) is 12.3 Å². The Kier molecular flexibility index (Phi) is 4.62. The smallest absolute Gasteiger partial charge is 0.291 e. The topological polar surface area (TPSA) is 72.2 Å². The van der Waals surface area contributed by atoms with Crippen molar-refractivity contribution in [3.63, 3.8) is 0 Å². The van der Waals surface area contributed by atoms with Gasteiger partial charge in [-0.25, -0.2) is 0 Å². The van der Waals surface area contributed by atoms with Crippen LogP contribution in [0.4, 0.5) is 5.69 Å². The van der Waals surface area contributed by atoms with Crippen LogP contribution in [0.15, 0.2) is 77.6 Å². The van der Waals surface area contributed by atoms with E-state index in [2.05, 4.69) is 10.3 Å². The first kappa shape index (κ1) is 15.4. The lowest BCUT2D eigenvalue weighted by Crippen LogP contribution is -2.10. The zero-order chi connectivity index (χ0) is 16.8. The Morgan fingerprint density at radius 2 is 1.83 bits per heavy atom. The number of furan rings is 1. The lowest BCUT2D eigenvalue weighted by Gasteiger charge is -2.03. The fraction of sp³-hybridized carbons (Fsp3) is 0. The number of nitrogens with zero attached hydrogens (tertiary/aromatic N) is 1. The number of hydrogen-bond donors (Lipinski definition) is 1. The predicted molar refractivity (Wildman–Crippen MR) is 90.7 cm³/mol. The van der Waals surface area contributed by atoms with Gasteiger partial charge in [0, 0.05) is 17.4 Å². The SMILES string of the molecule is O=C(C=Cc1ccccn1)c1ccc(NC(=O)c2ccco2)cc1. The van der Waals surface area contributed by atoms with Crippen LogP contribution in [0.1, 0.15) is 26.6 Å². The van der Waals surface area contributed by atoms with Gasteiger partial charge in [-0.15, -0.1) is 0 Å². The Bertz CT molecular complexity index is 851. The third-order valence-corrected chi connectivity index (χ3v) is 3.27. The Morgan fingerprint density at radius 1 is 1.00 bits per heavy atom. The Balaban J connectivity index is 1.64. The molecule has 0 aliphatic carbocycles. The molecule has 0 bridgehead atoms. The molecule has 0 fully saturated rings. The largest absolute Gasteiger partial charge is 0.459 e. The molecule has 0 saturated carbocycles. The predicted octanol–water partition coefficient (Wildman–Crippen LogP) is 3.82. The summed E-state index contributed by atoms with van der Waals surface area (Å²) in [6.07, 6.45) is 6.24. The molecule has 0 aliphatic heterocycles. The van der Waals surface area contributed by atoms with Crippen LogP contribution in [0.3, 0.4) is 0 Å². The number of carbonyl (C=O) groups is 2. The fourth-order valence-electron chi connectivity index (χ4n) is 2.05. The number of nitrogens with one attached hydrogen (secondary N) is 1. The van der Waals surface area contributed by atoms with Crippen LogP contribution in [-0.4, -0.2) is 16.7 Å². The van der Waals surface area contributed by atoms with Crippen LogP contribution in [-0.2, 0) is 0 Å². The van der Waals surface area contributed by atoms with E-state index in [1.54, 1.807) is 48.7 Å². The quantitative estimate of drug-likeness (QED) is 0.573. The Labute approximate surface area is 138 Å². The van der Waals surface area contributed by atoms with Gasteiger partial charge in [0.1, 0.15) is 0 Å². The van der Waals surface area contributed by atoms with E-state index in [0.717, 1.165) is 0 Å². The molecule has 2 heterocycles. The molecule has 0 saturated heterocycles. The van der Waals surface area contributed by atoms with Gasteiger partial charge in [0.2, 0.25) is 0 Å². The van der Waals surface area contributed by atoms with Gasteiger partial charge in [-0.1, -0.05) is 6.07 Å². The van der Waals surface area contributed by atoms with Crippen LogP contribution in [0, 0.1) is 0 Å². The summed E-state index contributed by atoms with van der Waals surface area (Å²) in [5, 5.41) is 2.70. The lowest BCUT2D eigenvalue weighted by atomic mass is 10.1. The summed E-state index contributed by atoms with van der Waals surface area (Å²) in [4.78, 5) is 28.1. The van der Waals surface area contributed by atoms with Crippen LogP contribution in [0.2, 0.25) is 0 Å². The number of amides is 1. The maximum absolute atomic E-state index is 12.1. The summed E-state index contributed by atoms with van der Waals surface area (Å²) < 4.78 is 5.02. The molecule has 5 nitrogen and oxygen atoms in total. The summed E-state index contributed by atoms with van der Waals surface area (Å²) >= 11 is 0. The number of ketones is 1. The van der Waals surface area contributed by atoms with Crippen molar-refractivity contribution in [2.75, 3.05) is 5.32 Å². The van der Waals surface area contributed by atoms with Crippen molar-refractivity contribution in [1.82, 2.24) is 4.98 Å². The third kappa shape index (κ3) is 3.84. The van der Waals surface area contributed by atoms with Gasteiger partial charge in [0.25, 0.3) is 5.91 Å². The maximum atomic E-state index is 12.1. The minimum absolute atomic E-state index is 0.135. The van der Waals surface area contributed by atoms with E-state index in [0.29, 0.717) is 16.9 Å². The number of aromatic nitrogens is 1. The van der Waals surface area contributed by atoms with Crippen molar-refractivity contribution < 1.29 is 14.0 Å². The van der Waals surface area contributed by atoms with Crippen molar-refractivity contribution in [3.05, 3.63) is 90.2 Å². The molecular weight excluding hydrogens is 304 g/mol. The monoisotopic (exact) mass is 318 g/mol. The minimum atomic E-state index is -0.339. The highest BCUT2D eigenvalue weighted by atomic mass is 16.3. The van der Waals surface area contributed by atoms with E-state index >= 15 is 0 Å². The van der Waals surface area contributed by atoms with E-state index in [1.807, 2.05) is 18.2 Å². The molecule has 1 amide bonds. The van der Waals surface area contributed by atoms with Crippen molar-refractivity contribution in [3.8, 4) is 0 Å². The van der Waals surface area contributed by atoms with Gasteiger partial charge in [-0.2, -0.15) is 0 Å². The number of hydrogen-bond acceptors (Lipinski definition) is 4. The summed E-state index contributed by atoms with van der Waals surface area (Å²) in [7, 11) is 0. The summed E-state index contributed by atoms with van der Waals surface area (Å²) in [5.41, 5.74) is 1.83. The van der Waals surface area contributed by atoms with Crippen molar-refractivity contribution in [2.45, 2.75) is 0 Å². The number of anilines is 1. The first-order chi connectivity index (χ1) is 11.7. The van der Waals surface area contributed by atoms with Crippen LogP contribution in [0.25, 0.3) is 6.08 Å². The standard InChI is InChI=1S/C19H14N2O3/c22-17(11-10-15-4-1-2-12-20-15)14-6-8-16(9-7-14)21-19(23)18-5-3-13-24-18/h1-13H,(H,21,23). The molecule has 0 radical (unpaired) electrons. The first-order valence-electron chi connectivity index (χ1n) is 7.31. The Morgan fingerprint density at radius 3 is 2.50 bits per heavy atom. The summed E-state index contributed by atoms with van der Waals surface area (Å²) in [6, 6.07) is 15.4. The second-order valence-corrected chi connectivity index (χ2v) is 4.96. The summed E-state index contributed by atoms with van der Waals surface area (Å²) in [5.74, 6) is -0.243. The highest BCUT2D eigenvalue weighted by Gasteiger charge is 2.09. The molecular formula is C19H14N2O3. The number of benzene rings is 1. The van der Waals surface area contributed by atoms with Gasteiger partial charge in [-0.05, 0) is 60.7 Å². The molecule has 0 spiro atoms. The zero-order valence-electron chi connectivity index (χ0n) is 12.7. The average Bonchev–Trinajstić information content (AvgIpc) is 3.16. The second-order valence-electron chi connectivity index (χ2n) is 4.96. The molecule has 1 N–H and O–H groups in total. The van der Waals surface area contributed by atoms with Crippen LogP contribution in [0.5, 0.6) is 0 Å². The molecule has 0 aliphatic rings. The van der Waals surface area contributed by atoms with Crippen molar-refractivity contribution in [2.24, 2.45) is 0 Å². The molecule has 1 aromatic carbocycles. The highest BCUT2D eigenvalue weighted by molar-refractivity contribution is 6.07. The summed E-state index contributed by atoms with van der Waals surface area (Å²) in [6.45, 7) is 0. The maximum Gasteiger partial charge on any atom is 0.291 e. The average molecular weight is 318 g/mol. The minimum Gasteiger partial charge on any atom is -0.459 e. The number of carbonyl (C=O) groups excluding carboxylic acids is 2. The zero-order valence-corrected chi connectivity index (χ0v) is 12.7. The lowest BCUT2D eigenvalue weighted by molar-refractivity contribution is 0.0996. The van der Waals surface area contributed by atoms with Gasteiger partial charge in [0.15, 0.2) is 11.5 Å². The molecule has 118 valence electrons. The number of rotatable bonds is 5. The van der Waals surface area contributed by atoms with Crippen LogP contribution < -0.4 is 5.32 Å². The molecule has 2 aromatic heterocycles.